The van der Waals surface area contributed by atoms with Gasteiger partial charge in [-0.1, -0.05) is 34.8 Å². The first-order valence-corrected chi connectivity index (χ1v) is 6.90. The number of nitrogens with one attached hydrogen (secondary N) is 1. The molecule has 0 radical (unpaired) electrons. The number of hydrogen-bond donors (Lipinski definition) is 1. The third-order valence-corrected chi connectivity index (χ3v) is 3.28. The lowest BCUT2D eigenvalue weighted by molar-refractivity contribution is 0.215. The zero-order valence-corrected chi connectivity index (χ0v) is 13.1. The molecule has 1 N–H and O–H groups in total. The van der Waals surface area contributed by atoms with Crippen LogP contribution in [0.4, 0.5) is 10.5 Å². The Bertz CT molecular complexity index is 677. The highest BCUT2D eigenvalue weighted by Crippen LogP contribution is 2.30. The standard InChI is InChI=1S/C14H10Cl3NO3/c1-20-12-5-3-8(15)6-11(12)18-14(19)21-13-7-9(16)2-4-10(13)17/h2-7H,1H3,(H,18,19). The van der Waals surface area contributed by atoms with Crippen LogP contribution in [0.2, 0.25) is 15.1 Å². The van der Waals surface area contributed by atoms with Gasteiger partial charge in [0, 0.05) is 16.1 Å². The molecule has 0 saturated heterocycles. The maximum atomic E-state index is 11.9. The number of carbonyl (C=O) groups excluding carboxylic acids is 1. The van der Waals surface area contributed by atoms with E-state index in [9.17, 15) is 4.79 Å². The van der Waals surface area contributed by atoms with Gasteiger partial charge in [-0.15, -0.1) is 0 Å². The largest absolute Gasteiger partial charge is 0.495 e. The van der Waals surface area contributed by atoms with E-state index >= 15 is 0 Å². The Labute approximate surface area is 136 Å². The molecule has 0 aliphatic rings. The number of anilines is 1. The Morgan fingerprint density at radius 1 is 1.00 bits per heavy atom. The minimum atomic E-state index is -0.736. The van der Waals surface area contributed by atoms with Gasteiger partial charge in [-0.2, -0.15) is 0 Å². The minimum Gasteiger partial charge on any atom is -0.495 e. The molecule has 0 saturated carbocycles. The van der Waals surface area contributed by atoms with Crippen molar-refractivity contribution in [2.75, 3.05) is 12.4 Å². The number of ether oxygens (including phenoxy) is 2. The molecule has 0 aliphatic heterocycles. The van der Waals surface area contributed by atoms with E-state index in [0.717, 1.165) is 0 Å². The van der Waals surface area contributed by atoms with Crippen LogP contribution < -0.4 is 14.8 Å². The maximum absolute atomic E-state index is 11.9. The molecule has 2 aromatic carbocycles. The first kappa shape index (κ1) is 15.8. The number of benzene rings is 2. The van der Waals surface area contributed by atoms with Gasteiger partial charge in [0.1, 0.15) is 5.75 Å². The van der Waals surface area contributed by atoms with Gasteiger partial charge in [0.15, 0.2) is 5.75 Å². The lowest BCUT2D eigenvalue weighted by Crippen LogP contribution is -2.17. The fraction of sp³-hybridized carbons (Fsp3) is 0.0714. The van der Waals surface area contributed by atoms with Crippen molar-refractivity contribution >= 4 is 46.6 Å². The lowest BCUT2D eigenvalue weighted by Gasteiger charge is -2.11. The van der Waals surface area contributed by atoms with Gasteiger partial charge in [0.25, 0.3) is 0 Å². The monoisotopic (exact) mass is 345 g/mol. The van der Waals surface area contributed by atoms with Crippen LogP contribution in [0, 0.1) is 0 Å². The third kappa shape index (κ3) is 4.17. The normalized spacial score (nSPS) is 10.1. The van der Waals surface area contributed by atoms with Gasteiger partial charge in [0.05, 0.1) is 17.8 Å². The molecule has 110 valence electrons. The average molecular weight is 347 g/mol. The van der Waals surface area contributed by atoms with Gasteiger partial charge >= 0.3 is 6.09 Å². The van der Waals surface area contributed by atoms with Crippen molar-refractivity contribution in [2.45, 2.75) is 0 Å². The number of carbonyl (C=O) groups is 1. The van der Waals surface area contributed by atoms with Crippen molar-refractivity contribution in [3.63, 3.8) is 0 Å². The highest BCUT2D eigenvalue weighted by molar-refractivity contribution is 6.34. The predicted molar refractivity (Wildman–Crippen MR) is 84.1 cm³/mol. The van der Waals surface area contributed by atoms with E-state index in [1.54, 1.807) is 24.3 Å². The van der Waals surface area contributed by atoms with Gasteiger partial charge < -0.3 is 9.47 Å². The first-order valence-electron chi connectivity index (χ1n) is 5.77. The number of halogens is 3. The second kappa shape index (κ2) is 6.89. The number of methoxy groups -OCH3 is 1. The Hall–Kier alpha value is -1.62. The quantitative estimate of drug-likeness (QED) is 0.824. The Morgan fingerprint density at radius 2 is 1.67 bits per heavy atom. The number of hydrogen-bond acceptors (Lipinski definition) is 3. The van der Waals surface area contributed by atoms with Crippen LogP contribution in [0.3, 0.4) is 0 Å². The smallest absolute Gasteiger partial charge is 0.417 e. The summed E-state index contributed by atoms with van der Waals surface area (Å²) in [5, 5.41) is 3.65. The van der Waals surface area contributed by atoms with Gasteiger partial charge in [-0.25, -0.2) is 4.79 Å². The summed E-state index contributed by atoms with van der Waals surface area (Å²) >= 11 is 17.6. The van der Waals surface area contributed by atoms with E-state index in [2.05, 4.69) is 5.32 Å². The molecule has 0 heterocycles. The van der Waals surface area contributed by atoms with Crippen LogP contribution in [0.25, 0.3) is 0 Å². The van der Waals surface area contributed by atoms with Crippen LogP contribution in [0.15, 0.2) is 36.4 Å². The lowest BCUT2D eigenvalue weighted by atomic mass is 10.3. The zero-order chi connectivity index (χ0) is 15.4. The Morgan fingerprint density at radius 3 is 2.38 bits per heavy atom. The Balaban J connectivity index is 2.15. The molecule has 0 unspecified atom stereocenters. The molecule has 2 rings (SSSR count). The van der Waals surface area contributed by atoms with Crippen molar-refractivity contribution < 1.29 is 14.3 Å². The summed E-state index contributed by atoms with van der Waals surface area (Å²) in [6.07, 6.45) is -0.736. The Kier molecular flexibility index (Phi) is 5.17. The van der Waals surface area contributed by atoms with E-state index in [4.69, 9.17) is 44.3 Å². The third-order valence-electron chi connectivity index (χ3n) is 2.49. The first-order chi connectivity index (χ1) is 9.99. The molecule has 0 fully saturated rings. The van der Waals surface area contributed by atoms with Gasteiger partial charge in [-0.3, -0.25) is 5.32 Å². The summed E-state index contributed by atoms with van der Waals surface area (Å²) in [4.78, 5) is 11.9. The van der Waals surface area contributed by atoms with Crippen molar-refractivity contribution in [1.82, 2.24) is 0 Å². The van der Waals surface area contributed by atoms with Gasteiger partial charge in [-0.05, 0) is 30.3 Å². The summed E-state index contributed by atoms with van der Waals surface area (Å²) in [5.41, 5.74) is 0.383. The fourth-order valence-corrected chi connectivity index (χ4v) is 2.06. The highest BCUT2D eigenvalue weighted by atomic mass is 35.5. The molecule has 1 amide bonds. The van der Waals surface area contributed by atoms with Crippen LogP contribution in [0.1, 0.15) is 0 Å². The highest BCUT2D eigenvalue weighted by Gasteiger charge is 2.12. The van der Waals surface area contributed by atoms with Crippen molar-refractivity contribution in [1.29, 1.82) is 0 Å². The van der Waals surface area contributed by atoms with Crippen LogP contribution >= 0.6 is 34.8 Å². The van der Waals surface area contributed by atoms with E-state index in [-0.39, 0.29) is 10.8 Å². The fourth-order valence-electron chi connectivity index (χ4n) is 1.57. The van der Waals surface area contributed by atoms with Crippen LogP contribution in [-0.4, -0.2) is 13.2 Å². The summed E-state index contributed by atoms with van der Waals surface area (Å²) in [7, 11) is 1.48. The van der Waals surface area contributed by atoms with Crippen molar-refractivity contribution in [3.05, 3.63) is 51.5 Å². The molecule has 0 bridgehead atoms. The molecule has 21 heavy (non-hydrogen) atoms. The molecule has 0 aromatic heterocycles. The van der Waals surface area contributed by atoms with Crippen LogP contribution in [0.5, 0.6) is 11.5 Å². The van der Waals surface area contributed by atoms with Crippen molar-refractivity contribution in [2.24, 2.45) is 0 Å². The SMILES string of the molecule is COc1ccc(Cl)cc1NC(=O)Oc1cc(Cl)ccc1Cl. The second-order valence-electron chi connectivity index (χ2n) is 3.93. The molecule has 2 aromatic rings. The predicted octanol–water partition coefficient (Wildman–Crippen LogP) is 5.27. The number of rotatable bonds is 3. The van der Waals surface area contributed by atoms with E-state index in [0.29, 0.717) is 21.5 Å². The van der Waals surface area contributed by atoms with Gasteiger partial charge in [0.2, 0.25) is 0 Å². The van der Waals surface area contributed by atoms with Crippen LogP contribution in [-0.2, 0) is 0 Å². The van der Waals surface area contributed by atoms with E-state index in [1.807, 2.05) is 0 Å². The topological polar surface area (TPSA) is 47.6 Å². The summed E-state index contributed by atoms with van der Waals surface area (Å²) in [6.45, 7) is 0. The van der Waals surface area contributed by atoms with E-state index < -0.39 is 6.09 Å². The molecular weight excluding hydrogens is 337 g/mol. The summed E-state index contributed by atoms with van der Waals surface area (Å²) in [5.74, 6) is 0.608. The maximum Gasteiger partial charge on any atom is 0.417 e. The molecule has 0 spiro atoms. The minimum absolute atomic E-state index is 0.155. The molecule has 4 nitrogen and oxygen atoms in total. The summed E-state index contributed by atoms with van der Waals surface area (Å²) < 4.78 is 10.2. The van der Waals surface area contributed by atoms with E-state index in [1.165, 1.54) is 19.2 Å². The number of amides is 1. The molecule has 0 aliphatic carbocycles. The molecule has 7 heteroatoms. The average Bonchev–Trinajstić information content (AvgIpc) is 2.43. The summed E-state index contributed by atoms with van der Waals surface area (Å²) in [6, 6.07) is 9.38. The zero-order valence-electron chi connectivity index (χ0n) is 10.8. The molecule has 0 atom stereocenters. The van der Waals surface area contributed by atoms with Crippen molar-refractivity contribution in [3.8, 4) is 11.5 Å². The molecular formula is C14H10Cl3NO3. The second-order valence-corrected chi connectivity index (χ2v) is 5.21.